The third-order valence-electron chi connectivity index (χ3n) is 6.61. The van der Waals surface area contributed by atoms with Crippen molar-refractivity contribution in [1.29, 1.82) is 0 Å². The van der Waals surface area contributed by atoms with E-state index in [2.05, 4.69) is 10.6 Å². The van der Waals surface area contributed by atoms with E-state index in [1.54, 1.807) is 34.1 Å². The van der Waals surface area contributed by atoms with Gasteiger partial charge < -0.3 is 30.9 Å². The van der Waals surface area contributed by atoms with Gasteiger partial charge in [-0.15, -0.1) is 0 Å². The summed E-state index contributed by atoms with van der Waals surface area (Å²) in [5.41, 5.74) is 8.24. The summed E-state index contributed by atoms with van der Waals surface area (Å²) >= 11 is 0. The van der Waals surface area contributed by atoms with Crippen molar-refractivity contribution in [1.82, 2.24) is 15.1 Å². The number of nitrogens with zero attached hydrogens (tertiary/aromatic N) is 2. The number of benzene rings is 3. The molecule has 1 aliphatic rings. The first-order valence-corrected chi connectivity index (χ1v) is 13.1. The molecule has 0 aromatic heterocycles. The Morgan fingerprint density at radius 1 is 0.800 bits per heavy atom. The van der Waals surface area contributed by atoms with E-state index in [1.807, 2.05) is 60.7 Å². The number of piperazine rings is 1. The number of carbonyl (C=O) groups is 4. The van der Waals surface area contributed by atoms with Crippen molar-refractivity contribution in [3.8, 4) is 0 Å². The number of carbonyl (C=O) groups excluding carboxylic acids is 4. The second-order valence-corrected chi connectivity index (χ2v) is 9.48. The van der Waals surface area contributed by atoms with Gasteiger partial charge in [0.1, 0.15) is 12.6 Å². The molecule has 0 saturated carbocycles. The molecule has 0 bridgehead atoms. The van der Waals surface area contributed by atoms with Gasteiger partial charge in [-0.3, -0.25) is 9.59 Å². The van der Waals surface area contributed by atoms with Crippen LogP contribution in [-0.4, -0.2) is 66.0 Å². The summed E-state index contributed by atoms with van der Waals surface area (Å²) in [7, 11) is 0. The van der Waals surface area contributed by atoms with Crippen molar-refractivity contribution in [2.24, 2.45) is 5.73 Å². The summed E-state index contributed by atoms with van der Waals surface area (Å²) in [4.78, 5) is 53.3. The zero-order chi connectivity index (χ0) is 28.3. The highest BCUT2D eigenvalue weighted by Gasteiger charge is 2.26. The van der Waals surface area contributed by atoms with Crippen LogP contribution in [0.4, 0.5) is 15.3 Å². The van der Waals surface area contributed by atoms with Gasteiger partial charge in [0, 0.05) is 37.4 Å². The number of ether oxygens (including phenoxy) is 1. The molecule has 0 aliphatic carbocycles. The van der Waals surface area contributed by atoms with Crippen molar-refractivity contribution in [3.05, 3.63) is 102 Å². The molecule has 1 heterocycles. The number of hydrogen-bond acceptors (Lipinski definition) is 5. The van der Waals surface area contributed by atoms with Crippen molar-refractivity contribution in [3.63, 3.8) is 0 Å². The first-order chi connectivity index (χ1) is 19.4. The molecule has 0 spiro atoms. The summed E-state index contributed by atoms with van der Waals surface area (Å²) in [6.45, 7) is 1.63. The number of nitrogens with one attached hydrogen (secondary N) is 2. The quantitative estimate of drug-likeness (QED) is 0.380. The maximum atomic E-state index is 13.1. The van der Waals surface area contributed by atoms with Crippen LogP contribution in [0, 0.1) is 0 Å². The largest absolute Gasteiger partial charge is 0.445 e. The van der Waals surface area contributed by atoms with Gasteiger partial charge in [-0.1, -0.05) is 66.7 Å². The first kappa shape index (κ1) is 28.2. The normalized spacial score (nSPS) is 13.7. The van der Waals surface area contributed by atoms with Gasteiger partial charge in [-0.2, -0.15) is 0 Å². The molecule has 1 fully saturated rings. The van der Waals surface area contributed by atoms with Crippen LogP contribution in [0.1, 0.15) is 27.9 Å². The van der Waals surface area contributed by atoms with Gasteiger partial charge >= 0.3 is 12.1 Å². The summed E-state index contributed by atoms with van der Waals surface area (Å²) in [6.07, 6.45) is 0.527. The minimum absolute atomic E-state index is 0.194. The van der Waals surface area contributed by atoms with Crippen LogP contribution < -0.4 is 16.4 Å². The second-order valence-electron chi connectivity index (χ2n) is 9.48. The fourth-order valence-corrected chi connectivity index (χ4v) is 4.38. The molecule has 40 heavy (non-hydrogen) atoms. The topological polar surface area (TPSA) is 134 Å². The highest BCUT2D eigenvalue weighted by atomic mass is 16.6. The smallest absolute Gasteiger partial charge is 0.410 e. The zero-order valence-corrected chi connectivity index (χ0v) is 22.1. The Labute approximate surface area is 233 Å². The number of hydrogen-bond donors (Lipinski definition) is 3. The number of anilines is 1. The Morgan fingerprint density at radius 3 is 2.08 bits per heavy atom. The molecule has 1 atom stereocenters. The van der Waals surface area contributed by atoms with Crippen LogP contribution in [0.25, 0.3) is 0 Å². The van der Waals surface area contributed by atoms with E-state index >= 15 is 0 Å². The fourth-order valence-electron chi connectivity index (χ4n) is 4.38. The average Bonchev–Trinajstić information content (AvgIpc) is 2.98. The maximum absolute atomic E-state index is 13.1. The zero-order valence-electron chi connectivity index (χ0n) is 22.1. The molecule has 3 aromatic carbocycles. The van der Waals surface area contributed by atoms with Crippen LogP contribution in [0.2, 0.25) is 0 Å². The van der Waals surface area contributed by atoms with Crippen LogP contribution >= 0.6 is 0 Å². The average molecular weight is 544 g/mol. The summed E-state index contributed by atoms with van der Waals surface area (Å²) in [5, 5.41) is 5.29. The summed E-state index contributed by atoms with van der Waals surface area (Å²) < 4.78 is 5.39. The number of aryl methyl sites for hydroxylation is 1. The van der Waals surface area contributed by atoms with Crippen molar-refractivity contribution in [2.75, 3.05) is 31.5 Å². The van der Waals surface area contributed by atoms with Crippen molar-refractivity contribution < 1.29 is 23.9 Å². The molecule has 0 unspecified atom stereocenters. The van der Waals surface area contributed by atoms with E-state index in [-0.39, 0.29) is 12.5 Å². The molecule has 4 N–H and O–H groups in total. The minimum atomic E-state index is -0.847. The van der Waals surface area contributed by atoms with Gasteiger partial charge in [-0.05, 0) is 42.2 Å². The lowest BCUT2D eigenvalue weighted by atomic mass is 10.1. The first-order valence-electron chi connectivity index (χ1n) is 13.1. The van der Waals surface area contributed by atoms with Gasteiger partial charge in [0.25, 0.3) is 5.91 Å². The number of amides is 5. The molecule has 1 saturated heterocycles. The monoisotopic (exact) mass is 543 g/mol. The maximum Gasteiger partial charge on any atom is 0.410 e. The van der Waals surface area contributed by atoms with E-state index in [9.17, 15) is 19.2 Å². The Kier molecular flexibility index (Phi) is 9.71. The lowest BCUT2D eigenvalue weighted by molar-refractivity contribution is -0.119. The number of nitrogens with two attached hydrogens (primary N) is 1. The summed E-state index contributed by atoms with van der Waals surface area (Å²) in [6, 6.07) is 24.2. The molecule has 10 nitrogen and oxygen atoms in total. The van der Waals surface area contributed by atoms with Gasteiger partial charge in [0.15, 0.2) is 0 Å². The molecule has 3 aromatic rings. The predicted molar refractivity (Wildman–Crippen MR) is 150 cm³/mol. The van der Waals surface area contributed by atoms with Gasteiger partial charge in [-0.25, -0.2) is 9.59 Å². The van der Waals surface area contributed by atoms with Gasteiger partial charge in [0.05, 0.1) is 0 Å². The van der Waals surface area contributed by atoms with Crippen LogP contribution in [0.3, 0.4) is 0 Å². The molecule has 4 rings (SSSR count). The van der Waals surface area contributed by atoms with E-state index in [0.717, 1.165) is 11.1 Å². The number of urea groups is 1. The predicted octanol–water partition coefficient (Wildman–Crippen LogP) is 3.39. The Morgan fingerprint density at radius 2 is 1.43 bits per heavy atom. The highest BCUT2D eigenvalue weighted by Crippen LogP contribution is 2.15. The SMILES string of the molecule is NC(=O)[C@@H](CCc1ccccc1)NC(=O)Nc1cccc(C(=O)N2CCN(C(=O)OCc3ccccc3)CC2)c1. The third-order valence-corrected chi connectivity index (χ3v) is 6.61. The Hall–Kier alpha value is -4.86. The number of primary amides is 1. The van der Waals surface area contributed by atoms with Crippen LogP contribution in [0.5, 0.6) is 0 Å². The van der Waals surface area contributed by atoms with E-state index in [4.69, 9.17) is 10.5 Å². The Balaban J connectivity index is 1.26. The van der Waals surface area contributed by atoms with E-state index in [0.29, 0.717) is 50.3 Å². The molecule has 5 amide bonds. The minimum Gasteiger partial charge on any atom is -0.445 e. The lowest BCUT2D eigenvalue weighted by Crippen LogP contribution is -2.50. The molecule has 10 heteroatoms. The van der Waals surface area contributed by atoms with Crippen molar-refractivity contribution in [2.45, 2.75) is 25.5 Å². The molecule has 0 radical (unpaired) electrons. The molecular formula is C30H33N5O5. The Bertz CT molecular complexity index is 1310. The third kappa shape index (κ3) is 8.07. The van der Waals surface area contributed by atoms with Crippen LogP contribution in [0.15, 0.2) is 84.9 Å². The summed E-state index contributed by atoms with van der Waals surface area (Å²) in [5.74, 6) is -0.836. The lowest BCUT2D eigenvalue weighted by Gasteiger charge is -2.34. The van der Waals surface area contributed by atoms with Crippen molar-refractivity contribution >= 4 is 29.6 Å². The second kappa shape index (κ2) is 13.8. The highest BCUT2D eigenvalue weighted by molar-refractivity contribution is 5.97. The number of rotatable bonds is 9. The van der Waals surface area contributed by atoms with E-state index in [1.165, 1.54) is 0 Å². The standard InChI is InChI=1S/C30H33N5O5/c31-27(36)26(15-14-22-8-3-1-4-9-22)33-29(38)32-25-13-7-12-24(20-25)28(37)34-16-18-35(19-17-34)30(39)40-21-23-10-5-2-6-11-23/h1-13,20,26H,14-19,21H2,(H2,31,36)(H2,32,33,38)/t26-/m1/s1. The molecule has 208 valence electrons. The molecule has 1 aliphatic heterocycles. The van der Waals surface area contributed by atoms with Gasteiger partial charge in [0.2, 0.25) is 5.91 Å². The fraction of sp³-hybridized carbons (Fsp3) is 0.267. The molecular weight excluding hydrogens is 510 g/mol. The van der Waals surface area contributed by atoms with Crippen LogP contribution in [-0.2, 0) is 22.6 Å². The van der Waals surface area contributed by atoms with E-state index < -0.39 is 24.1 Å².